The van der Waals surface area contributed by atoms with Crippen LogP contribution in [0.1, 0.15) is 17.1 Å². The van der Waals surface area contributed by atoms with E-state index in [2.05, 4.69) is 15.0 Å². The molecule has 0 bridgehead atoms. The number of hydrogen-bond donors (Lipinski definition) is 1. The van der Waals surface area contributed by atoms with Gasteiger partial charge in [-0.05, 0) is 19.4 Å². The molecular formula is C19H19FN4O2. The molecule has 0 saturated carbocycles. The molecule has 6 nitrogen and oxygen atoms in total. The maximum atomic E-state index is 14.7. The average molecular weight is 354 g/mol. The Morgan fingerprint density at radius 3 is 2.69 bits per heavy atom. The summed E-state index contributed by atoms with van der Waals surface area (Å²) in [7, 11) is 0. The number of aromatic nitrogens is 3. The first kappa shape index (κ1) is 16.7. The van der Waals surface area contributed by atoms with Gasteiger partial charge in [0.15, 0.2) is 5.82 Å². The van der Waals surface area contributed by atoms with E-state index in [1.165, 1.54) is 0 Å². The minimum absolute atomic E-state index is 0.118. The van der Waals surface area contributed by atoms with Crippen molar-refractivity contribution in [2.75, 3.05) is 18.1 Å². The van der Waals surface area contributed by atoms with Gasteiger partial charge < -0.3 is 14.7 Å². The first-order valence-electron chi connectivity index (χ1n) is 8.47. The van der Waals surface area contributed by atoms with Crippen molar-refractivity contribution >= 4 is 16.7 Å². The summed E-state index contributed by atoms with van der Waals surface area (Å²) in [5.74, 6) is 0.832. The standard InChI is InChI=1S/C19H19FN4O2/c1-11-16(20)17-15-18(23-12(2)22-17)24(8-13-6-4-3-5-7-13)14(9-25)10-26-19(15)21-11/h3-7,14,25H,8-10H2,1-2H3/t14-/m0/s1. The molecule has 2 aromatic heterocycles. The van der Waals surface area contributed by atoms with E-state index in [9.17, 15) is 9.50 Å². The Labute approximate surface area is 150 Å². The van der Waals surface area contributed by atoms with Crippen molar-refractivity contribution in [3.63, 3.8) is 0 Å². The van der Waals surface area contributed by atoms with Gasteiger partial charge in [-0.15, -0.1) is 0 Å². The van der Waals surface area contributed by atoms with Gasteiger partial charge in [0, 0.05) is 6.54 Å². The number of benzene rings is 1. The Morgan fingerprint density at radius 2 is 1.96 bits per heavy atom. The van der Waals surface area contributed by atoms with Crippen LogP contribution in [-0.2, 0) is 6.54 Å². The fraction of sp³-hybridized carbons (Fsp3) is 0.316. The zero-order valence-electron chi connectivity index (χ0n) is 14.6. The van der Waals surface area contributed by atoms with Gasteiger partial charge in [-0.1, -0.05) is 30.3 Å². The summed E-state index contributed by atoms with van der Waals surface area (Å²) in [5, 5.41) is 10.4. The summed E-state index contributed by atoms with van der Waals surface area (Å²) in [6.45, 7) is 3.93. The number of pyridine rings is 1. The number of aryl methyl sites for hydroxylation is 2. The first-order chi connectivity index (χ1) is 12.6. The summed E-state index contributed by atoms with van der Waals surface area (Å²) in [6, 6.07) is 9.53. The van der Waals surface area contributed by atoms with Crippen LogP contribution >= 0.6 is 0 Å². The number of rotatable bonds is 3. The Hall–Kier alpha value is -2.80. The van der Waals surface area contributed by atoms with Crippen LogP contribution in [-0.4, -0.2) is 39.3 Å². The molecule has 3 heterocycles. The Morgan fingerprint density at radius 1 is 1.19 bits per heavy atom. The number of aliphatic hydroxyl groups is 1. The smallest absolute Gasteiger partial charge is 0.227 e. The lowest BCUT2D eigenvalue weighted by atomic mass is 10.1. The van der Waals surface area contributed by atoms with E-state index in [4.69, 9.17) is 4.74 Å². The lowest BCUT2D eigenvalue weighted by molar-refractivity contribution is 0.199. The van der Waals surface area contributed by atoms with Crippen molar-refractivity contribution in [3.8, 4) is 5.88 Å². The van der Waals surface area contributed by atoms with Crippen LogP contribution in [0.2, 0.25) is 0 Å². The Balaban J connectivity index is 1.95. The van der Waals surface area contributed by atoms with Crippen molar-refractivity contribution in [2.24, 2.45) is 0 Å². The second-order valence-electron chi connectivity index (χ2n) is 6.40. The minimum Gasteiger partial charge on any atom is -0.475 e. The monoisotopic (exact) mass is 354 g/mol. The highest BCUT2D eigenvalue weighted by atomic mass is 19.1. The Kier molecular flexibility index (Phi) is 4.16. The number of halogens is 1. The van der Waals surface area contributed by atoms with Crippen molar-refractivity contribution in [1.82, 2.24) is 15.0 Å². The second kappa shape index (κ2) is 6.49. The molecule has 134 valence electrons. The average Bonchev–Trinajstić information content (AvgIpc) is 2.78. The third kappa shape index (κ3) is 2.74. The van der Waals surface area contributed by atoms with Gasteiger partial charge in [-0.25, -0.2) is 19.3 Å². The lowest BCUT2D eigenvalue weighted by Crippen LogP contribution is -2.41. The predicted octanol–water partition coefficient (Wildman–Crippen LogP) is 2.54. The fourth-order valence-electron chi connectivity index (χ4n) is 3.23. The second-order valence-corrected chi connectivity index (χ2v) is 6.40. The highest BCUT2D eigenvalue weighted by Gasteiger charge is 2.30. The first-order valence-corrected chi connectivity index (χ1v) is 8.47. The molecule has 0 saturated heterocycles. The fourth-order valence-corrected chi connectivity index (χ4v) is 3.23. The maximum Gasteiger partial charge on any atom is 0.227 e. The molecule has 0 fully saturated rings. The molecule has 3 aromatic rings. The van der Waals surface area contributed by atoms with E-state index in [-0.39, 0.29) is 30.5 Å². The van der Waals surface area contributed by atoms with E-state index in [0.717, 1.165) is 5.56 Å². The van der Waals surface area contributed by atoms with Crippen molar-refractivity contribution in [2.45, 2.75) is 26.4 Å². The summed E-state index contributed by atoms with van der Waals surface area (Å²) in [5.41, 5.74) is 1.49. The molecule has 7 heteroatoms. The van der Waals surface area contributed by atoms with Crippen LogP contribution in [0.3, 0.4) is 0 Å². The van der Waals surface area contributed by atoms with Crippen LogP contribution in [0.25, 0.3) is 10.9 Å². The number of ether oxygens (including phenoxy) is 1. The Bertz CT molecular complexity index is 965. The van der Waals surface area contributed by atoms with Crippen LogP contribution in [0.5, 0.6) is 5.88 Å². The van der Waals surface area contributed by atoms with E-state index in [1.54, 1.807) is 13.8 Å². The molecule has 0 aliphatic carbocycles. The van der Waals surface area contributed by atoms with E-state index >= 15 is 0 Å². The van der Waals surface area contributed by atoms with Crippen LogP contribution in [0.15, 0.2) is 30.3 Å². The van der Waals surface area contributed by atoms with Gasteiger partial charge in [-0.3, -0.25) is 0 Å². The highest BCUT2D eigenvalue weighted by molar-refractivity contribution is 5.95. The van der Waals surface area contributed by atoms with Crippen LogP contribution in [0.4, 0.5) is 10.2 Å². The van der Waals surface area contributed by atoms with Crippen molar-refractivity contribution < 1.29 is 14.2 Å². The third-order valence-electron chi connectivity index (χ3n) is 4.54. The molecule has 1 aliphatic rings. The van der Waals surface area contributed by atoms with Gasteiger partial charge in [0.05, 0.1) is 18.3 Å². The van der Waals surface area contributed by atoms with Gasteiger partial charge in [-0.2, -0.15) is 0 Å². The van der Waals surface area contributed by atoms with Crippen LogP contribution < -0.4 is 9.64 Å². The molecule has 1 atom stereocenters. The zero-order chi connectivity index (χ0) is 18.3. The summed E-state index contributed by atoms with van der Waals surface area (Å²) >= 11 is 0. The van der Waals surface area contributed by atoms with Crippen molar-refractivity contribution in [1.29, 1.82) is 0 Å². The van der Waals surface area contributed by atoms with E-state index in [1.807, 2.05) is 35.2 Å². The predicted molar refractivity (Wildman–Crippen MR) is 95.8 cm³/mol. The molecule has 26 heavy (non-hydrogen) atoms. The van der Waals surface area contributed by atoms with E-state index < -0.39 is 5.82 Å². The molecule has 0 radical (unpaired) electrons. The number of anilines is 1. The molecule has 0 spiro atoms. The molecule has 1 aliphatic heterocycles. The third-order valence-corrected chi connectivity index (χ3v) is 4.54. The molecular weight excluding hydrogens is 335 g/mol. The largest absolute Gasteiger partial charge is 0.475 e. The molecule has 1 N–H and O–H groups in total. The number of nitrogens with zero attached hydrogens (tertiary/aromatic N) is 4. The van der Waals surface area contributed by atoms with Crippen LogP contribution in [0, 0.1) is 19.7 Å². The van der Waals surface area contributed by atoms with Gasteiger partial charge >= 0.3 is 0 Å². The highest BCUT2D eigenvalue weighted by Crippen LogP contribution is 2.37. The topological polar surface area (TPSA) is 71.4 Å². The quantitative estimate of drug-likeness (QED) is 0.779. The van der Waals surface area contributed by atoms with E-state index in [0.29, 0.717) is 29.5 Å². The SMILES string of the molecule is Cc1nc2c3c(nc(C)c(F)c3n1)OC[C@H](CO)N2Cc1ccccc1. The van der Waals surface area contributed by atoms with Gasteiger partial charge in [0.25, 0.3) is 0 Å². The zero-order valence-corrected chi connectivity index (χ0v) is 14.6. The molecule has 1 aromatic carbocycles. The molecule has 0 unspecified atom stereocenters. The summed E-state index contributed by atoms with van der Waals surface area (Å²) in [6.07, 6.45) is 0. The molecule has 4 rings (SSSR count). The number of aliphatic hydroxyl groups excluding tert-OH is 1. The van der Waals surface area contributed by atoms with Gasteiger partial charge in [0.2, 0.25) is 5.88 Å². The maximum absolute atomic E-state index is 14.7. The minimum atomic E-state index is -0.471. The van der Waals surface area contributed by atoms with Gasteiger partial charge in [0.1, 0.15) is 29.2 Å². The molecule has 0 amide bonds. The normalized spacial score (nSPS) is 16.5. The lowest BCUT2D eigenvalue weighted by Gasteiger charge is -2.30. The summed E-state index contributed by atoms with van der Waals surface area (Å²) < 4.78 is 20.5. The van der Waals surface area contributed by atoms with Crippen molar-refractivity contribution in [3.05, 3.63) is 53.2 Å². The number of hydrogen-bond acceptors (Lipinski definition) is 6. The summed E-state index contributed by atoms with van der Waals surface area (Å²) in [4.78, 5) is 15.0.